The van der Waals surface area contributed by atoms with Crippen LogP contribution in [-0.4, -0.2) is 26.0 Å². The van der Waals surface area contributed by atoms with E-state index in [9.17, 15) is 14.9 Å². The molecule has 0 aliphatic heterocycles. The lowest BCUT2D eigenvalue weighted by Gasteiger charge is -2.04. The van der Waals surface area contributed by atoms with Gasteiger partial charge in [-0.1, -0.05) is 41.7 Å². The third-order valence-electron chi connectivity index (χ3n) is 4.05. The Hall–Kier alpha value is -3.85. The van der Waals surface area contributed by atoms with E-state index in [1.807, 2.05) is 30.3 Å². The number of aromatic nitrogens is 3. The average Bonchev–Trinajstić information content (AvgIpc) is 3.38. The van der Waals surface area contributed by atoms with Crippen molar-refractivity contribution in [2.75, 3.05) is 5.32 Å². The van der Waals surface area contributed by atoms with Gasteiger partial charge in [-0.05, 0) is 17.7 Å². The zero-order chi connectivity index (χ0) is 19.5. The number of hydrogen-bond donors (Lipinski definition) is 2. The third kappa shape index (κ3) is 3.51. The third-order valence-corrected chi connectivity index (χ3v) is 4.93. The monoisotopic (exact) mass is 391 g/mol. The highest BCUT2D eigenvalue weighted by Crippen LogP contribution is 2.29. The summed E-state index contributed by atoms with van der Waals surface area (Å²) in [6, 6.07) is 15.6. The first-order valence-electron chi connectivity index (χ1n) is 8.24. The Morgan fingerprint density at radius 1 is 1.00 bits per heavy atom. The summed E-state index contributed by atoms with van der Waals surface area (Å²) in [5.41, 5.74) is 2.66. The maximum atomic E-state index is 12.7. The zero-order valence-electron chi connectivity index (χ0n) is 14.3. The van der Waals surface area contributed by atoms with Gasteiger partial charge in [-0.25, -0.2) is 0 Å². The molecule has 8 nitrogen and oxygen atoms in total. The minimum Gasteiger partial charge on any atom is -0.366 e. The molecule has 28 heavy (non-hydrogen) atoms. The molecule has 138 valence electrons. The number of carbonyl (C=O) groups excluding carboxylic acids is 1. The van der Waals surface area contributed by atoms with Crippen LogP contribution in [0.15, 0.2) is 67.0 Å². The number of nitrogens with one attached hydrogen (secondary N) is 2. The molecule has 2 aromatic heterocycles. The van der Waals surface area contributed by atoms with Crippen LogP contribution in [0.2, 0.25) is 0 Å². The molecule has 0 radical (unpaired) electrons. The molecule has 0 saturated heterocycles. The number of hydrogen-bond acceptors (Lipinski definition) is 6. The first kappa shape index (κ1) is 17.6. The van der Waals surface area contributed by atoms with E-state index < -0.39 is 4.92 Å². The molecule has 0 bridgehead atoms. The van der Waals surface area contributed by atoms with Crippen LogP contribution in [0.1, 0.15) is 10.4 Å². The summed E-state index contributed by atoms with van der Waals surface area (Å²) in [6.45, 7) is 0. The lowest BCUT2D eigenvalue weighted by molar-refractivity contribution is -0.384. The van der Waals surface area contributed by atoms with Gasteiger partial charge >= 0.3 is 0 Å². The fraction of sp³-hybridized carbons (Fsp3) is 0. The number of benzene rings is 2. The molecule has 0 atom stereocenters. The van der Waals surface area contributed by atoms with Crippen molar-refractivity contribution in [1.29, 1.82) is 0 Å². The highest BCUT2D eigenvalue weighted by Gasteiger charge is 2.17. The van der Waals surface area contributed by atoms with Crippen LogP contribution >= 0.6 is 11.3 Å². The largest absolute Gasteiger partial charge is 0.366 e. The molecule has 2 aromatic carbocycles. The number of nitro groups is 1. The normalized spacial score (nSPS) is 10.6. The summed E-state index contributed by atoms with van der Waals surface area (Å²) >= 11 is 1.28. The Morgan fingerprint density at radius 2 is 1.75 bits per heavy atom. The van der Waals surface area contributed by atoms with Crippen LogP contribution in [0, 0.1) is 10.1 Å². The summed E-state index contributed by atoms with van der Waals surface area (Å²) in [5.74, 6) is -0.342. The van der Waals surface area contributed by atoms with Crippen LogP contribution in [-0.2, 0) is 0 Å². The molecular formula is C19H13N5O3S. The number of non-ortho nitro benzene ring substituents is 1. The van der Waals surface area contributed by atoms with Gasteiger partial charge in [-0.2, -0.15) is 0 Å². The molecule has 0 spiro atoms. The Balaban J connectivity index is 1.55. The Labute approximate surface area is 163 Å². The van der Waals surface area contributed by atoms with Crippen molar-refractivity contribution in [2.24, 2.45) is 0 Å². The number of H-pyrrole nitrogens is 1. The predicted octanol–water partition coefficient (Wildman–Crippen LogP) is 4.36. The number of anilines is 1. The second-order valence-corrected chi connectivity index (χ2v) is 6.80. The lowest BCUT2D eigenvalue weighted by atomic mass is 10.0. The summed E-state index contributed by atoms with van der Waals surface area (Å²) in [6.07, 6.45) is 3.25. The summed E-state index contributed by atoms with van der Waals surface area (Å²) in [5, 5.41) is 22.8. The molecule has 0 fully saturated rings. The second kappa shape index (κ2) is 7.41. The molecular weight excluding hydrogens is 378 g/mol. The molecule has 2 heterocycles. The fourth-order valence-electron chi connectivity index (χ4n) is 2.69. The summed E-state index contributed by atoms with van der Waals surface area (Å²) < 4.78 is 0. The molecule has 1 amide bonds. The van der Waals surface area contributed by atoms with Crippen molar-refractivity contribution in [3.63, 3.8) is 0 Å². The first-order valence-corrected chi connectivity index (χ1v) is 9.05. The molecule has 0 aliphatic carbocycles. The van der Waals surface area contributed by atoms with Gasteiger partial charge in [0.2, 0.25) is 5.13 Å². The van der Waals surface area contributed by atoms with Crippen LogP contribution in [0.25, 0.3) is 21.7 Å². The minimum absolute atomic E-state index is 0.00686. The summed E-state index contributed by atoms with van der Waals surface area (Å²) in [4.78, 5) is 25.9. The van der Waals surface area contributed by atoms with Crippen molar-refractivity contribution < 1.29 is 9.72 Å². The standard InChI is InChI=1S/C19H13N5O3S/c25-17(21-19-23-22-18(28-19)13-4-2-1-3-5-13)16-11-20-10-15(16)12-6-8-14(9-7-12)24(26)27/h1-11,20H,(H,21,23,25). The van der Waals surface area contributed by atoms with E-state index in [1.54, 1.807) is 24.5 Å². The van der Waals surface area contributed by atoms with Crippen LogP contribution in [0.3, 0.4) is 0 Å². The van der Waals surface area contributed by atoms with Gasteiger partial charge < -0.3 is 4.98 Å². The van der Waals surface area contributed by atoms with Gasteiger partial charge in [0.1, 0.15) is 5.01 Å². The lowest BCUT2D eigenvalue weighted by Crippen LogP contribution is -2.11. The number of nitrogens with zero attached hydrogens (tertiary/aromatic N) is 3. The average molecular weight is 391 g/mol. The molecule has 0 saturated carbocycles. The maximum Gasteiger partial charge on any atom is 0.269 e. The van der Waals surface area contributed by atoms with E-state index in [0.29, 0.717) is 26.8 Å². The second-order valence-electron chi connectivity index (χ2n) is 5.82. The Morgan fingerprint density at radius 3 is 2.46 bits per heavy atom. The van der Waals surface area contributed by atoms with Crippen molar-refractivity contribution >= 4 is 28.1 Å². The number of amides is 1. The van der Waals surface area contributed by atoms with E-state index in [0.717, 1.165) is 5.56 Å². The van der Waals surface area contributed by atoms with Crippen LogP contribution < -0.4 is 5.32 Å². The molecule has 0 unspecified atom stereocenters. The van der Waals surface area contributed by atoms with Gasteiger partial charge in [0, 0.05) is 35.7 Å². The van der Waals surface area contributed by atoms with Gasteiger partial charge in [0.25, 0.3) is 11.6 Å². The quantitative estimate of drug-likeness (QED) is 0.387. The van der Waals surface area contributed by atoms with Crippen molar-refractivity contribution in [3.8, 4) is 21.7 Å². The van der Waals surface area contributed by atoms with E-state index in [4.69, 9.17) is 0 Å². The van der Waals surface area contributed by atoms with Crippen LogP contribution in [0.4, 0.5) is 10.8 Å². The fourth-order valence-corrected chi connectivity index (χ4v) is 3.43. The summed E-state index contributed by atoms with van der Waals surface area (Å²) in [7, 11) is 0. The molecule has 0 aliphatic rings. The molecule has 4 rings (SSSR count). The van der Waals surface area contributed by atoms with Gasteiger partial charge in [-0.15, -0.1) is 10.2 Å². The number of rotatable bonds is 5. The number of nitro benzene ring substituents is 1. The van der Waals surface area contributed by atoms with E-state index in [1.165, 1.54) is 23.5 Å². The Bertz CT molecular complexity index is 1140. The molecule has 2 N–H and O–H groups in total. The first-order chi connectivity index (χ1) is 13.6. The number of aromatic amines is 1. The maximum absolute atomic E-state index is 12.7. The van der Waals surface area contributed by atoms with Crippen molar-refractivity contribution in [1.82, 2.24) is 15.2 Å². The van der Waals surface area contributed by atoms with E-state index in [-0.39, 0.29) is 11.6 Å². The zero-order valence-corrected chi connectivity index (χ0v) is 15.1. The van der Waals surface area contributed by atoms with Gasteiger partial charge in [-0.3, -0.25) is 20.2 Å². The molecule has 9 heteroatoms. The molecule has 4 aromatic rings. The SMILES string of the molecule is O=C(Nc1nnc(-c2ccccc2)s1)c1c[nH]cc1-c1ccc([N+](=O)[O-])cc1. The van der Waals surface area contributed by atoms with Crippen LogP contribution in [0.5, 0.6) is 0 Å². The highest BCUT2D eigenvalue weighted by atomic mass is 32.1. The number of carbonyl (C=O) groups is 1. The predicted molar refractivity (Wildman–Crippen MR) is 106 cm³/mol. The smallest absolute Gasteiger partial charge is 0.269 e. The van der Waals surface area contributed by atoms with Crippen molar-refractivity contribution in [3.05, 3.63) is 82.7 Å². The van der Waals surface area contributed by atoms with Gasteiger partial charge in [0.05, 0.1) is 10.5 Å². The Kier molecular flexibility index (Phi) is 4.65. The topological polar surface area (TPSA) is 114 Å². The van der Waals surface area contributed by atoms with E-state index >= 15 is 0 Å². The van der Waals surface area contributed by atoms with Crippen molar-refractivity contribution in [2.45, 2.75) is 0 Å². The highest BCUT2D eigenvalue weighted by molar-refractivity contribution is 7.18. The minimum atomic E-state index is -0.464. The van der Waals surface area contributed by atoms with Gasteiger partial charge in [0.15, 0.2) is 0 Å². The van der Waals surface area contributed by atoms with E-state index in [2.05, 4.69) is 20.5 Å².